The number of aliphatic carboxylic acids is 1. The smallest absolute Gasteiger partial charge is 0.305 e. The SMILES string of the molecule is O=C(O)CCn1cc(S(=O)(=O)Nc2ccc(Br)cn2)cn1. The second-order valence-corrected chi connectivity index (χ2v) is 6.65. The molecule has 2 aromatic heterocycles. The number of rotatable bonds is 6. The second-order valence-electron chi connectivity index (χ2n) is 4.05. The molecule has 0 bridgehead atoms. The van der Waals surface area contributed by atoms with Crippen LogP contribution in [0.1, 0.15) is 6.42 Å². The highest BCUT2D eigenvalue weighted by molar-refractivity contribution is 9.10. The van der Waals surface area contributed by atoms with Crippen LogP contribution < -0.4 is 4.72 Å². The molecular formula is C11H11BrN4O4S. The lowest BCUT2D eigenvalue weighted by Gasteiger charge is -2.04. The number of aryl methyl sites for hydroxylation is 1. The van der Waals surface area contributed by atoms with E-state index in [4.69, 9.17) is 5.11 Å². The minimum absolute atomic E-state index is 0.0578. The third kappa shape index (κ3) is 4.26. The van der Waals surface area contributed by atoms with E-state index in [1.807, 2.05) is 0 Å². The number of sulfonamides is 1. The number of aromatic nitrogens is 3. The van der Waals surface area contributed by atoms with Crippen LogP contribution in [0.4, 0.5) is 5.82 Å². The van der Waals surface area contributed by atoms with Crippen LogP contribution in [-0.2, 0) is 21.4 Å². The minimum Gasteiger partial charge on any atom is -0.481 e. The molecule has 0 aromatic carbocycles. The summed E-state index contributed by atoms with van der Waals surface area (Å²) in [7, 11) is -3.80. The van der Waals surface area contributed by atoms with Crippen molar-refractivity contribution in [1.29, 1.82) is 0 Å². The number of pyridine rings is 1. The fourth-order valence-electron chi connectivity index (χ4n) is 1.45. The van der Waals surface area contributed by atoms with Crippen LogP contribution in [0.2, 0.25) is 0 Å². The summed E-state index contributed by atoms with van der Waals surface area (Å²) in [6, 6.07) is 3.16. The molecule has 0 fully saturated rings. The molecule has 0 saturated heterocycles. The molecule has 0 saturated carbocycles. The van der Waals surface area contributed by atoms with Gasteiger partial charge in [-0.2, -0.15) is 5.10 Å². The zero-order valence-electron chi connectivity index (χ0n) is 10.6. The maximum atomic E-state index is 12.1. The number of hydrogen-bond donors (Lipinski definition) is 2. The number of anilines is 1. The second kappa shape index (κ2) is 6.22. The van der Waals surface area contributed by atoms with Crippen molar-refractivity contribution in [3.05, 3.63) is 35.2 Å². The molecule has 2 N–H and O–H groups in total. The fourth-order valence-corrected chi connectivity index (χ4v) is 2.64. The Kier molecular flexibility index (Phi) is 4.58. The number of carboxylic acids is 1. The molecule has 0 radical (unpaired) electrons. The van der Waals surface area contributed by atoms with Crippen LogP contribution in [0.25, 0.3) is 0 Å². The van der Waals surface area contributed by atoms with Crippen LogP contribution in [0.5, 0.6) is 0 Å². The zero-order chi connectivity index (χ0) is 15.5. The molecule has 0 unspecified atom stereocenters. The fraction of sp³-hybridized carbons (Fsp3) is 0.182. The van der Waals surface area contributed by atoms with E-state index in [9.17, 15) is 13.2 Å². The van der Waals surface area contributed by atoms with Crippen molar-refractivity contribution in [3.8, 4) is 0 Å². The van der Waals surface area contributed by atoms with Gasteiger partial charge in [-0.3, -0.25) is 14.2 Å². The van der Waals surface area contributed by atoms with E-state index in [-0.39, 0.29) is 23.7 Å². The first-order chi connectivity index (χ1) is 9.87. The molecule has 21 heavy (non-hydrogen) atoms. The normalized spacial score (nSPS) is 11.3. The van der Waals surface area contributed by atoms with E-state index < -0.39 is 16.0 Å². The first-order valence-electron chi connectivity index (χ1n) is 5.75. The predicted octanol–water partition coefficient (Wildman–Crippen LogP) is 1.32. The Morgan fingerprint density at radius 2 is 2.14 bits per heavy atom. The number of carboxylic acid groups (broad SMARTS) is 1. The van der Waals surface area contributed by atoms with E-state index >= 15 is 0 Å². The van der Waals surface area contributed by atoms with Crippen molar-refractivity contribution in [3.63, 3.8) is 0 Å². The summed E-state index contributed by atoms with van der Waals surface area (Å²) in [6.07, 6.45) is 3.75. The van der Waals surface area contributed by atoms with E-state index in [1.165, 1.54) is 23.1 Å². The summed E-state index contributed by atoms with van der Waals surface area (Å²) in [5, 5.41) is 12.4. The van der Waals surface area contributed by atoms with Gasteiger partial charge >= 0.3 is 5.97 Å². The van der Waals surface area contributed by atoms with Crippen molar-refractivity contribution in [1.82, 2.24) is 14.8 Å². The standard InChI is InChI=1S/C11H11BrN4O4S/c12-8-1-2-10(13-5-8)15-21(19,20)9-6-14-16(7-9)4-3-11(17)18/h1-2,5-7H,3-4H2,(H,13,15)(H,17,18). The molecule has 0 aliphatic carbocycles. The van der Waals surface area contributed by atoms with Crippen LogP contribution in [0, 0.1) is 0 Å². The van der Waals surface area contributed by atoms with E-state index in [2.05, 4.69) is 30.7 Å². The lowest BCUT2D eigenvalue weighted by atomic mass is 10.4. The van der Waals surface area contributed by atoms with Crippen molar-refractivity contribution in [2.24, 2.45) is 0 Å². The summed E-state index contributed by atoms with van der Waals surface area (Å²) in [5.41, 5.74) is 0. The Hall–Kier alpha value is -1.94. The molecule has 0 amide bonds. The van der Waals surface area contributed by atoms with Crippen LogP contribution in [-0.4, -0.2) is 34.3 Å². The summed E-state index contributed by atoms with van der Waals surface area (Å²) < 4.78 is 28.5. The summed E-state index contributed by atoms with van der Waals surface area (Å²) in [4.78, 5) is 14.3. The van der Waals surface area contributed by atoms with Gasteiger partial charge in [0.15, 0.2) is 0 Å². The minimum atomic E-state index is -3.80. The lowest BCUT2D eigenvalue weighted by Crippen LogP contribution is -2.13. The number of nitrogens with one attached hydrogen (secondary N) is 1. The lowest BCUT2D eigenvalue weighted by molar-refractivity contribution is -0.137. The highest BCUT2D eigenvalue weighted by Crippen LogP contribution is 2.15. The van der Waals surface area contributed by atoms with Gasteiger partial charge in [0.2, 0.25) is 0 Å². The molecule has 2 rings (SSSR count). The first-order valence-corrected chi connectivity index (χ1v) is 8.03. The quantitative estimate of drug-likeness (QED) is 0.787. The van der Waals surface area contributed by atoms with Gasteiger partial charge in [-0.15, -0.1) is 0 Å². The Labute approximate surface area is 129 Å². The van der Waals surface area contributed by atoms with Gasteiger partial charge in [-0.05, 0) is 28.1 Å². The maximum absolute atomic E-state index is 12.1. The highest BCUT2D eigenvalue weighted by atomic mass is 79.9. The number of halogens is 1. The van der Waals surface area contributed by atoms with Gasteiger partial charge in [0.1, 0.15) is 10.7 Å². The average molecular weight is 375 g/mol. The molecule has 0 spiro atoms. The van der Waals surface area contributed by atoms with Gasteiger partial charge in [0.05, 0.1) is 19.2 Å². The summed E-state index contributed by atoms with van der Waals surface area (Å²) in [5.74, 6) is -0.802. The van der Waals surface area contributed by atoms with Gasteiger partial charge in [-0.1, -0.05) is 0 Å². The van der Waals surface area contributed by atoms with Crippen LogP contribution >= 0.6 is 15.9 Å². The Morgan fingerprint density at radius 1 is 1.38 bits per heavy atom. The molecule has 10 heteroatoms. The number of carbonyl (C=O) groups is 1. The Balaban J connectivity index is 2.12. The van der Waals surface area contributed by atoms with E-state index in [0.717, 1.165) is 10.7 Å². The molecule has 8 nitrogen and oxygen atoms in total. The first kappa shape index (κ1) is 15.4. The molecule has 112 valence electrons. The third-order valence-corrected chi connectivity index (χ3v) is 4.22. The molecular weight excluding hydrogens is 364 g/mol. The molecule has 0 atom stereocenters. The molecule has 2 aromatic rings. The van der Waals surface area contributed by atoms with Crippen LogP contribution in [0.3, 0.4) is 0 Å². The van der Waals surface area contributed by atoms with Crippen molar-refractivity contribution in [2.45, 2.75) is 17.9 Å². The van der Waals surface area contributed by atoms with Crippen LogP contribution in [0.15, 0.2) is 40.1 Å². The van der Waals surface area contributed by atoms with E-state index in [0.29, 0.717) is 0 Å². The monoisotopic (exact) mass is 374 g/mol. The van der Waals surface area contributed by atoms with Gasteiger partial charge in [0.25, 0.3) is 10.0 Å². The largest absolute Gasteiger partial charge is 0.481 e. The molecule has 0 aliphatic heterocycles. The van der Waals surface area contributed by atoms with Crippen molar-refractivity contribution >= 4 is 37.7 Å². The maximum Gasteiger partial charge on any atom is 0.305 e. The summed E-state index contributed by atoms with van der Waals surface area (Å²) in [6.45, 7) is 0.0986. The van der Waals surface area contributed by atoms with Crippen molar-refractivity contribution in [2.75, 3.05) is 4.72 Å². The molecule has 2 heterocycles. The highest BCUT2D eigenvalue weighted by Gasteiger charge is 2.17. The number of hydrogen-bond acceptors (Lipinski definition) is 5. The Morgan fingerprint density at radius 3 is 2.76 bits per heavy atom. The van der Waals surface area contributed by atoms with Gasteiger partial charge in [-0.25, -0.2) is 13.4 Å². The zero-order valence-corrected chi connectivity index (χ0v) is 13.0. The molecule has 0 aliphatic rings. The third-order valence-electron chi connectivity index (χ3n) is 2.44. The van der Waals surface area contributed by atoms with Gasteiger partial charge in [0, 0.05) is 16.9 Å². The number of nitrogens with zero attached hydrogens (tertiary/aromatic N) is 3. The van der Waals surface area contributed by atoms with Gasteiger partial charge < -0.3 is 5.11 Å². The van der Waals surface area contributed by atoms with E-state index in [1.54, 1.807) is 6.07 Å². The predicted molar refractivity (Wildman–Crippen MR) is 77.2 cm³/mol. The van der Waals surface area contributed by atoms with Crippen molar-refractivity contribution < 1.29 is 18.3 Å². The average Bonchev–Trinajstić information content (AvgIpc) is 2.88. The Bertz CT molecular complexity index is 742. The summed E-state index contributed by atoms with van der Waals surface area (Å²) >= 11 is 3.20. The topological polar surface area (TPSA) is 114 Å².